The largest absolute Gasteiger partial charge is 0.381 e. The minimum Gasteiger partial charge on any atom is -0.381 e. The van der Waals surface area contributed by atoms with E-state index >= 15 is 0 Å². The van der Waals surface area contributed by atoms with E-state index in [2.05, 4.69) is 22.9 Å². The molecule has 0 amide bonds. The summed E-state index contributed by atoms with van der Waals surface area (Å²) in [5, 5.41) is 2.11. The van der Waals surface area contributed by atoms with Crippen LogP contribution in [0.15, 0.2) is 17.5 Å². The molecule has 4 heteroatoms. The summed E-state index contributed by atoms with van der Waals surface area (Å²) >= 11 is 1.79. The second kappa shape index (κ2) is 4.89. The van der Waals surface area contributed by atoms with E-state index in [-0.39, 0.29) is 0 Å². The lowest BCUT2D eigenvalue weighted by Gasteiger charge is -2.20. The first kappa shape index (κ1) is 10.1. The molecule has 1 aromatic rings. The average molecular weight is 212 g/mol. The third-order valence-electron chi connectivity index (χ3n) is 2.75. The number of hydrogen-bond donors (Lipinski definition) is 2. The normalized spacial score (nSPS) is 23.9. The van der Waals surface area contributed by atoms with Gasteiger partial charge in [0, 0.05) is 23.4 Å². The van der Waals surface area contributed by atoms with Crippen LogP contribution in [0.3, 0.4) is 0 Å². The van der Waals surface area contributed by atoms with Crippen molar-refractivity contribution in [1.29, 1.82) is 0 Å². The first-order valence-electron chi connectivity index (χ1n) is 4.96. The van der Waals surface area contributed by atoms with Gasteiger partial charge in [-0.25, -0.2) is 0 Å². The van der Waals surface area contributed by atoms with E-state index in [1.807, 2.05) is 0 Å². The number of nitrogens with two attached hydrogens (primary N) is 1. The first-order valence-corrected chi connectivity index (χ1v) is 5.84. The van der Waals surface area contributed by atoms with Crippen LogP contribution >= 0.6 is 11.3 Å². The van der Waals surface area contributed by atoms with Crippen LogP contribution in [0.5, 0.6) is 0 Å². The molecule has 3 N–H and O–H groups in total. The lowest BCUT2D eigenvalue weighted by atomic mass is 9.96. The monoisotopic (exact) mass is 212 g/mol. The lowest BCUT2D eigenvalue weighted by molar-refractivity contribution is 0.176. The van der Waals surface area contributed by atoms with E-state index in [1.54, 1.807) is 11.3 Å². The van der Waals surface area contributed by atoms with E-state index < -0.39 is 0 Å². The predicted octanol–water partition coefficient (Wildman–Crippen LogP) is 1.16. The quantitative estimate of drug-likeness (QED) is 0.581. The van der Waals surface area contributed by atoms with E-state index in [1.165, 1.54) is 4.88 Å². The molecule has 78 valence electrons. The molecule has 1 aromatic heterocycles. The van der Waals surface area contributed by atoms with Gasteiger partial charge in [-0.15, -0.1) is 11.3 Å². The minimum absolute atomic E-state index is 0.358. The fraction of sp³-hybridized carbons (Fsp3) is 0.600. The summed E-state index contributed by atoms with van der Waals surface area (Å²) < 4.78 is 5.37. The summed E-state index contributed by atoms with van der Waals surface area (Å²) in [4.78, 5) is 1.39. The van der Waals surface area contributed by atoms with Crippen LogP contribution in [0.2, 0.25) is 0 Å². The zero-order valence-corrected chi connectivity index (χ0v) is 8.93. The Bertz CT molecular complexity index is 257. The van der Waals surface area contributed by atoms with Gasteiger partial charge in [-0.05, 0) is 24.3 Å². The molecule has 2 atom stereocenters. The van der Waals surface area contributed by atoms with Gasteiger partial charge in [-0.3, -0.25) is 11.3 Å². The summed E-state index contributed by atoms with van der Waals surface area (Å²) in [6.07, 6.45) is 2.14. The molecule has 0 radical (unpaired) electrons. The molecule has 0 aromatic carbocycles. The molecule has 1 saturated heterocycles. The van der Waals surface area contributed by atoms with Gasteiger partial charge < -0.3 is 4.74 Å². The van der Waals surface area contributed by atoms with Crippen molar-refractivity contribution >= 4 is 11.3 Å². The van der Waals surface area contributed by atoms with E-state index in [0.29, 0.717) is 12.0 Å². The van der Waals surface area contributed by atoms with E-state index in [4.69, 9.17) is 10.6 Å². The number of hydrogen-bond acceptors (Lipinski definition) is 4. The molecule has 2 rings (SSSR count). The Morgan fingerprint density at radius 3 is 3.21 bits per heavy atom. The van der Waals surface area contributed by atoms with Crippen LogP contribution in [0.1, 0.15) is 11.3 Å². The van der Waals surface area contributed by atoms with Crippen molar-refractivity contribution in [2.24, 2.45) is 11.8 Å². The highest BCUT2D eigenvalue weighted by Gasteiger charge is 2.25. The Kier molecular flexibility index (Phi) is 3.53. The van der Waals surface area contributed by atoms with E-state index in [0.717, 1.165) is 26.1 Å². The number of thiophene rings is 1. The number of nitrogens with one attached hydrogen (secondary N) is 1. The van der Waals surface area contributed by atoms with Gasteiger partial charge in [0.15, 0.2) is 0 Å². The first-order chi connectivity index (χ1) is 6.90. The SMILES string of the molecule is NNC(Cc1cccs1)C1CCOC1. The summed E-state index contributed by atoms with van der Waals surface area (Å²) in [7, 11) is 0. The predicted molar refractivity (Wildman–Crippen MR) is 58.1 cm³/mol. The Balaban J connectivity index is 1.92. The highest BCUT2D eigenvalue weighted by atomic mass is 32.1. The van der Waals surface area contributed by atoms with Crippen LogP contribution in [-0.4, -0.2) is 19.3 Å². The fourth-order valence-electron chi connectivity index (χ4n) is 1.88. The molecule has 1 aliphatic heterocycles. The van der Waals surface area contributed by atoms with Crippen molar-refractivity contribution in [3.05, 3.63) is 22.4 Å². The molecule has 0 bridgehead atoms. The smallest absolute Gasteiger partial charge is 0.0510 e. The van der Waals surface area contributed by atoms with Gasteiger partial charge in [0.2, 0.25) is 0 Å². The van der Waals surface area contributed by atoms with Crippen LogP contribution < -0.4 is 11.3 Å². The Labute approximate surface area is 88.2 Å². The molecule has 1 aliphatic rings. The van der Waals surface area contributed by atoms with Crippen molar-refractivity contribution in [1.82, 2.24) is 5.43 Å². The summed E-state index contributed by atoms with van der Waals surface area (Å²) in [5.74, 6) is 6.14. The maximum absolute atomic E-state index is 5.57. The topological polar surface area (TPSA) is 47.3 Å². The molecule has 0 spiro atoms. The molecule has 2 heterocycles. The van der Waals surface area contributed by atoms with Gasteiger partial charge in [0.05, 0.1) is 6.61 Å². The van der Waals surface area contributed by atoms with Gasteiger partial charge in [-0.1, -0.05) is 6.07 Å². The van der Waals surface area contributed by atoms with Crippen molar-refractivity contribution in [3.63, 3.8) is 0 Å². The average Bonchev–Trinajstić information content (AvgIpc) is 2.86. The van der Waals surface area contributed by atoms with Gasteiger partial charge in [0.25, 0.3) is 0 Å². The maximum Gasteiger partial charge on any atom is 0.0510 e. The van der Waals surface area contributed by atoms with Gasteiger partial charge in [0.1, 0.15) is 0 Å². The standard InChI is InChI=1S/C10H16N2OS/c11-12-10(8-3-4-13-7-8)6-9-2-1-5-14-9/h1-2,5,8,10,12H,3-4,6-7,11H2. The van der Waals surface area contributed by atoms with Crippen molar-refractivity contribution in [2.45, 2.75) is 18.9 Å². The van der Waals surface area contributed by atoms with Crippen molar-refractivity contribution < 1.29 is 4.74 Å². The zero-order valence-electron chi connectivity index (χ0n) is 8.11. The number of ether oxygens (including phenoxy) is 1. The Morgan fingerprint density at radius 2 is 2.64 bits per heavy atom. The van der Waals surface area contributed by atoms with Crippen LogP contribution in [0.25, 0.3) is 0 Å². The second-order valence-electron chi connectivity index (χ2n) is 3.68. The summed E-state index contributed by atoms with van der Waals surface area (Å²) in [6.45, 7) is 1.73. The maximum atomic E-state index is 5.57. The molecule has 1 fully saturated rings. The molecule has 14 heavy (non-hydrogen) atoms. The molecular formula is C10H16N2OS. The molecule has 2 unspecified atom stereocenters. The van der Waals surface area contributed by atoms with Crippen LogP contribution in [-0.2, 0) is 11.2 Å². The fourth-order valence-corrected chi connectivity index (χ4v) is 2.64. The Hall–Kier alpha value is -0.420. The van der Waals surface area contributed by atoms with Crippen molar-refractivity contribution in [3.8, 4) is 0 Å². The second-order valence-corrected chi connectivity index (χ2v) is 4.71. The highest BCUT2D eigenvalue weighted by molar-refractivity contribution is 7.09. The molecule has 0 aliphatic carbocycles. The van der Waals surface area contributed by atoms with Crippen LogP contribution in [0, 0.1) is 5.92 Å². The van der Waals surface area contributed by atoms with Crippen LogP contribution in [0.4, 0.5) is 0 Å². The summed E-state index contributed by atoms with van der Waals surface area (Å²) in [6, 6.07) is 4.60. The van der Waals surface area contributed by atoms with Crippen molar-refractivity contribution in [2.75, 3.05) is 13.2 Å². The third-order valence-corrected chi connectivity index (χ3v) is 3.65. The summed E-state index contributed by atoms with van der Waals surface area (Å²) in [5.41, 5.74) is 2.91. The lowest BCUT2D eigenvalue weighted by Crippen LogP contribution is -2.42. The van der Waals surface area contributed by atoms with E-state index in [9.17, 15) is 0 Å². The van der Waals surface area contributed by atoms with Gasteiger partial charge >= 0.3 is 0 Å². The minimum atomic E-state index is 0.358. The van der Waals surface area contributed by atoms with Gasteiger partial charge in [-0.2, -0.15) is 0 Å². The number of hydrazine groups is 1. The zero-order chi connectivity index (χ0) is 9.80. The number of rotatable bonds is 4. The highest BCUT2D eigenvalue weighted by Crippen LogP contribution is 2.21. The molecule has 3 nitrogen and oxygen atoms in total. The molecular weight excluding hydrogens is 196 g/mol. The molecule has 0 saturated carbocycles. The third kappa shape index (κ3) is 2.33. The Morgan fingerprint density at radius 1 is 1.71 bits per heavy atom.